The molecule has 3 nitrogen and oxygen atoms in total. The first-order valence-corrected chi connectivity index (χ1v) is 4.02. The molecule has 0 aromatic carbocycles. The molecule has 1 aliphatic rings. The van der Waals surface area contributed by atoms with Crippen molar-refractivity contribution in [1.82, 2.24) is 10.2 Å². The molecule has 1 saturated carbocycles. The zero-order chi connectivity index (χ0) is 7.68. The molecule has 1 aromatic rings. The Kier molecular flexibility index (Phi) is 1.66. The lowest BCUT2D eigenvalue weighted by atomic mass is 10.1. The Hall–Kier alpha value is -0.830. The van der Waals surface area contributed by atoms with Gasteiger partial charge in [-0.3, -0.25) is 5.10 Å². The predicted octanol–water partition coefficient (Wildman–Crippen LogP) is 0.854. The van der Waals surface area contributed by atoms with Gasteiger partial charge in [-0.05, 0) is 25.2 Å². The Morgan fingerprint density at radius 3 is 3.09 bits per heavy atom. The van der Waals surface area contributed by atoms with Crippen LogP contribution in [0.4, 0.5) is 0 Å². The molecule has 1 aliphatic carbocycles. The zero-order valence-electron chi connectivity index (χ0n) is 6.38. The van der Waals surface area contributed by atoms with E-state index in [2.05, 4.69) is 10.2 Å². The number of rotatable bonds is 3. The number of hydrogen-bond acceptors (Lipinski definition) is 2. The van der Waals surface area contributed by atoms with Crippen molar-refractivity contribution in [2.45, 2.75) is 25.9 Å². The number of H-pyrrole nitrogens is 1. The molecule has 0 bridgehead atoms. The highest BCUT2D eigenvalue weighted by atomic mass is 16.3. The maximum absolute atomic E-state index is 8.88. The van der Waals surface area contributed by atoms with E-state index in [1.807, 2.05) is 0 Å². The lowest BCUT2D eigenvalue weighted by Crippen LogP contribution is -1.92. The quantitative estimate of drug-likeness (QED) is 0.674. The second-order valence-corrected chi connectivity index (χ2v) is 3.18. The normalized spacial score (nSPS) is 17.2. The molecule has 2 N–H and O–H groups in total. The summed E-state index contributed by atoms with van der Waals surface area (Å²) in [5.74, 6) is 0.848. The van der Waals surface area contributed by atoms with Crippen LogP contribution in [0.3, 0.4) is 0 Å². The van der Waals surface area contributed by atoms with E-state index in [-0.39, 0.29) is 6.61 Å². The van der Waals surface area contributed by atoms with Crippen molar-refractivity contribution in [1.29, 1.82) is 0 Å². The summed E-state index contributed by atoms with van der Waals surface area (Å²) in [5.41, 5.74) is 2.08. The number of nitrogens with one attached hydrogen (secondary N) is 1. The minimum atomic E-state index is 0.110. The molecule has 11 heavy (non-hydrogen) atoms. The first-order valence-electron chi connectivity index (χ1n) is 4.02. The van der Waals surface area contributed by atoms with Gasteiger partial charge in [-0.2, -0.15) is 5.10 Å². The highest BCUT2D eigenvalue weighted by Gasteiger charge is 2.23. The Bertz CT molecular complexity index is 240. The van der Waals surface area contributed by atoms with Crippen LogP contribution < -0.4 is 0 Å². The van der Waals surface area contributed by atoms with Gasteiger partial charge in [0.05, 0.1) is 12.8 Å². The predicted molar refractivity (Wildman–Crippen MR) is 40.9 cm³/mol. The smallest absolute Gasteiger partial charge is 0.0715 e. The van der Waals surface area contributed by atoms with Crippen molar-refractivity contribution in [3.63, 3.8) is 0 Å². The number of hydrogen-bond donors (Lipinski definition) is 2. The minimum absolute atomic E-state index is 0.110. The number of nitrogens with zero attached hydrogens (tertiary/aromatic N) is 1. The van der Waals surface area contributed by atoms with Gasteiger partial charge in [0, 0.05) is 11.3 Å². The lowest BCUT2D eigenvalue weighted by Gasteiger charge is -1.96. The Balaban J connectivity index is 2.07. The fourth-order valence-electron chi connectivity index (χ4n) is 1.26. The van der Waals surface area contributed by atoms with Crippen molar-refractivity contribution >= 4 is 0 Å². The van der Waals surface area contributed by atoms with E-state index in [0.29, 0.717) is 0 Å². The summed E-state index contributed by atoms with van der Waals surface area (Å²) in [4.78, 5) is 0. The van der Waals surface area contributed by atoms with Gasteiger partial charge in [0.25, 0.3) is 0 Å². The van der Waals surface area contributed by atoms with Crippen LogP contribution in [0, 0.1) is 5.92 Å². The summed E-state index contributed by atoms with van der Waals surface area (Å²) in [6, 6.07) is 0. The standard InChI is InChI=1S/C8H12N2O/c11-5-7-4-9-10-8(7)3-6-1-2-6/h4,6,11H,1-3,5H2,(H,9,10). The van der Waals surface area contributed by atoms with E-state index in [1.54, 1.807) is 6.20 Å². The summed E-state index contributed by atoms with van der Waals surface area (Å²) in [6.45, 7) is 0.110. The van der Waals surface area contributed by atoms with E-state index in [0.717, 1.165) is 23.6 Å². The van der Waals surface area contributed by atoms with Crippen molar-refractivity contribution in [2.24, 2.45) is 5.92 Å². The van der Waals surface area contributed by atoms with E-state index in [9.17, 15) is 0 Å². The second kappa shape index (κ2) is 2.66. The van der Waals surface area contributed by atoms with Crippen molar-refractivity contribution in [3.8, 4) is 0 Å². The average Bonchev–Trinajstić information content (AvgIpc) is 2.68. The average molecular weight is 152 g/mol. The van der Waals surface area contributed by atoms with Gasteiger partial charge >= 0.3 is 0 Å². The van der Waals surface area contributed by atoms with Gasteiger partial charge in [-0.25, -0.2) is 0 Å². The highest BCUT2D eigenvalue weighted by Crippen LogP contribution is 2.32. The molecule has 0 amide bonds. The molecule has 1 fully saturated rings. The molecule has 0 radical (unpaired) electrons. The topological polar surface area (TPSA) is 48.9 Å². The highest BCUT2D eigenvalue weighted by molar-refractivity contribution is 5.16. The Morgan fingerprint density at radius 2 is 2.45 bits per heavy atom. The van der Waals surface area contributed by atoms with Gasteiger partial charge in [-0.1, -0.05) is 0 Å². The molecule has 3 heteroatoms. The van der Waals surface area contributed by atoms with E-state index in [4.69, 9.17) is 5.11 Å². The van der Waals surface area contributed by atoms with Gasteiger partial charge < -0.3 is 5.11 Å². The molecule has 2 rings (SSSR count). The fourth-order valence-corrected chi connectivity index (χ4v) is 1.26. The molecule has 60 valence electrons. The third-order valence-corrected chi connectivity index (χ3v) is 2.17. The largest absolute Gasteiger partial charge is 0.392 e. The summed E-state index contributed by atoms with van der Waals surface area (Å²) < 4.78 is 0. The first-order chi connectivity index (χ1) is 5.40. The van der Waals surface area contributed by atoms with Crippen LogP contribution in [0.15, 0.2) is 6.20 Å². The number of aliphatic hydroxyl groups excluding tert-OH is 1. The maximum Gasteiger partial charge on any atom is 0.0715 e. The van der Waals surface area contributed by atoms with Crippen LogP contribution in [0.2, 0.25) is 0 Å². The van der Waals surface area contributed by atoms with Gasteiger partial charge in [-0.15, -0.1) is 0 Å². The SMILES string of the molecule is OCc1cn[nH]c1CC1CC1. The molecular formula is C8H12N2O. The molecule has 0 unspecified atom stereocenters. The maximum atomic E-state index is 8.88. The molecule has 0 spiro atoms. The summed E-state index contributed by atoms with van der Waals surface area (Å²) in [6.07, 6.45) is 5.45. The molecular weight excluding hydrogens is 140 g/mol. The van der Waals surface area contributed by atoms with E-state index >= 15 is 0 Å². The molecule has 0 atom stereocenters. The van der Waals surface area contributed by atoms with Gasteiger partial charge in [0.2, 0.25) is 0 Å². The summed E-state index contributed by atoms with van der Waals surface area (Å²) in [5, 5.41) is 15.7. The minimum Gasteiger partial charge on any atom is -0.392 e. The van der Waals surface area contributed by atoms with Crippen LogP contribution >= 0.6 is 0 Å². The van der Waals surface area contributed by atoms with Crippen LogP contribution in [0.5, 0.6) is 0 Å². The van der Waals surface area contributed by atoms with Crippen molar-refractivity contribution in [3.05, 3.63) is 17.5 Å². The fraction of sp³-hybridized carbons (Fsp3) is 0.625. The van der Waals surface area contributed by atoms with E-state index < -0.39 is 0 Å². The number of aliphatic hydroxyl groups is 1. The third-order valence-electron chi connectivity index (χ3n) is 2.17. The molecule has 1 heterocycles. The van der Waals surface area contributed by atoms with Crippen molar-refractivity contribution < 1.29 is 5.11 Å². The van der Waals surface area contributed by atoms with Crippen LogP contribution in [-0.4, -0.2) is 15.3 Å². The third kappa shape index (κ3) is 1.43. The van der Waals surface area contributed by atoms with Crippen LogP contribution in [-0.2, 0) is 13.0 Å². The Labute approximate surface area is 65.4 Å². The lowest BCUT2D eigenvalue weighted by molar-refractivity contribution is 0.280. The summed E-state index contributed by atoms with van der Waals surface area (Å²) in [7, 11) is 0. The van der Waals surface area contributed by atoms with Crippen LogP contribution in [0.25, 0.3) is 0 Å². The number of aromatic amines is 1. The van der Waals surface area contributed by atoms with Gasteiger partial charge in [0.1, 0.15) is 0 Å². The molecule has 1 aromatic heterocycles. The first kappa shape index (κ1) is 6.85. The number of aromatic nitrogens is 2. The molecule has 0 aliphatic heterocycles. The zero-order valence-corrected chi connectivity index (χ0v) is 6.38. The van der Waals surface area contributed by atoms with Gasteiger partial charge in [0.15, 0.2) is 0 Å². The second-order valence-electron chi connectivity index (χ2n) is 3.18. The van der Waals surface area contributed by atoms with E-state index in [1.165, 1.54) is 12.8 Å². The Morgan fingerprint density at radius 1 is 1.64 bits per heavy atom. The van der Waals surface area contributed by atoms with Crippen LogP contribution in [0.1, 0.15) is 24.1 Å². The monoisotopic (exact) mass is 152 g/mol. The van der Waals surface area contributed by atoms with Crippen molar-refractivity contribution in [2.75, 3.05) is 0 Å². The summed E-state index contributed by atoms with van der Waals surface area (Å²) >= 11 is 0. The molecule has 0 saturated heterocycles.